The molecule has 0 amide bonds. The Labute approximate surface area is 143 Å². The molecule has 2 unspecified atom stereocenters. The van der Waals surface area contributed by atoms with Gasteiger partial charge in [0.05, 0.1) is 12.2 Å². The topological polar surface area (TPSA) is 89.5 Å². The highest BCUT2D eigenvalue weighted by Gasteiger charge is 2.21. The Morgan fingerprint density at radius 2 is 1.17 bits per heavy atom. The molecule has 0 N–H and O–H groups in total. The zero-order valence-corrected chi connectivity index (χ0v) is 15.6. The second kappa shape index (κ2) is 11.9. The van der Waals surface area contributed by atoms with E-state index < -0.39 is 12.3 Å². The average molecular weight is 350 g/mol. The van der Waals surface area contributed by atoms with E-state index in [9.17, 15) is 9.59 Å². The van der Waals surface area contributed by atoms with Gasteiger partial charge in [-0.05, 0) is 53.4 Å². The molecule has 0 heterocycles. The Morgan fingerprint density at radius 3 is 1.58 bits per heavy atom. The first-order valence-electron chi connectivity index (χ1n) is 8.19. The number of hydrogen-bond donors (Lipinski definition) is 0. The summed E-state index contributed by atoms with van der Waals surface area (Å²) in [6.45, 7) is 12.5. The summed E-state index contributed by atoms with van der Waals surface area (Å²) >= 11 is 0. The smallest absolute Gasteiger partial charge is 0.430 e. The van der Waals surface area contributed by atoms with E-state index in [2.05, 4.69) is 9.78 Å². The van der Waals surface area contributed by atoms with Crippen molar-refractivity contribution in [1.82, 2.24) is 0 Å². The second-order valence-corrected chi connectivity index (χ2v) is 6.36. The van der Waals surface area contributed by atoms with Gasteiger partial charge < -0.3 is 9.47 Å². The van der Waals surface area contributed by atoms with E-state index in [4.69, 9.17) is 19.2 Å². The molecule has 0 saturated heterocycles. The van der Waals surface area contributed by atoms with Crippen LogP contribution < -0.4 is 0 Å². The fraction of sp³-hybridized carbons (Fsp3) is 0.875. The van der Waals surface area contributed by atoms with E-state index in [0.29, 0.717) is 12.8 Å². The zero-order chi connectivity index (χ0) is 18.7. The number of carbonyl (C=O) groups excluding carboxylic acids is 2. The lowest BCUT2D eigenvalue weighted by Gasteiger charge is -2.21. The van der Waals surface area contributed by atoms with Gasteiger partial charge >= 0.3 is 12.3 Å². The standard InChI is InChI=1S/C16H30O8/c1-10(2)14(22-24-16(18)20-12(5)6)9-8-13(7)21-23-15(17)19-11(3)4/h10-14H,8-9H2,1-7H3. The van der Waals surface area contributed by atoms with Crippen molar-refractivity contribution in [3.05, 3.63) is 0 Å². The predicted molar refractivity (Wildman–Crippen MR) is 84.9 cm³/mol. The highest BCUT2D eigenvalue weighted by Crippen LogP contribution is 2.16. The minimum atomic E-state index is -0.881. The minimum Gasteiger partial charge on any atom is -0.430 e. The minimum absolute atomic E-state index is 0.107. The molecule has 0 rings (SSSR count). The molecule has 8 nitrogen and oxygen atoms in total. The van der Waals surface area contributed by atoms with Crippen molar-refractivity contribution in [2.24, 2.45) is 5.92 Å². The number of ether oxygens (including phenoxy) is 2. The molecular formula is C16H30O8. The van der Waals surface area contributed by atoms with Crippen LogP contribution >= 0.6 is 0 Å². The molecule has 0 bridgehead atoms. The molecule has 0 saturated carbocycles. The van der Waals surface area contributed by atoms with Gasteiger partial charge in [-0.25, -0.2) is 9.59 Å². The van der Waals surface area contributed by atoms with Crippen LogP contribution in [0.2, 0.25) is 0 Å². The molecule has 0 spiro atoms. The van der Waals surface area contributed by atoms with Crippen LogP contribution in [0.15, 0.2) is 0 Å². The molecule has 0 aliphatic heterocycles. The van der Waals surface area contributed by atoms with Gasteiger partial charge in [-0.2, -0.15) is 9.78 Å². The Balaban J connectivity index is 4.11. The van der Waals surface area contributed by atoms with Crippen molar-refractivity contribution in [3.8, 4) is 0 Å². The van der Waals surface area contributed by atoms with E-state index in [-0.39, 0.29) is 30.3 Å². The molecule has 8 heteroatoms. The number of carbonyl (C=O) groups is 2. The third-order valence-electron chi connectivity index (χ3n) is 2.79. The van der Waals surface area contributed by atoms with Crippen molar-refractivity contribution in [1.29, 1.82) is 0 Å². The fourth-order valence-electron chi connectivity index (χ4n) is 1.59. The van der Waals surface area contributed by atoms with Gasteiger partial charge in [0.15, 0.2) is 0 Å². The summed E-state index contributed by atoms with van der Waals surface area (Å²) in [6.07, 6.45) is -1.95. The SMILES string of the molecule is CC(C)OC(=O)OOC(C)CCC(OOC(=O)OC(C)C)C(C)C. The number of hydrogen-bond acceptors (Lipinski definition) is 8. The molecule has 0 aromatic heterocycles. The predicted octanol–water partition coefficient (Wildman–Crippen LogP) is 4.17. The Bertz CT molecular complexity index is 367. The molecule has 0 aliphatic carbocycles. The van der Waals surface area contributed by atoms with Gasteiger partial charge in [0.1, 0.15) is 12.2 Å². The first kappa shape index (κ1) is 22.5. The maximum Gasteiger partial charge on any atom is 0.540 e. The quantitative estimate of drug-likeness (QED) is 0.329. The molecule has 0 aromatic carbocycles. The molecule has 0 aromatic rings. The van der Waals surface area contributed by atoms with Crippen molar-refractivity contribution in [2.75, 3.05) is 0 Å². The maximum atomic E-state index is 11.3. The first-order chi connectivity index (χ1) is 11.1. The summed E-state index contributed by atoms with van der Waals surface area (Å²) in [5, 5.41) is 0. The molecule has 0 radical (unpaired) electrons. The van der Waals surface area contributed by atoms with Crippen LogP contribution in [-0.2, 0) is 29.0 Å². The van der Waals surface area contributed by atoms with E-state index in [1.807, 2.05) is 13.8 Å². The summed E-state index contributed by atoms with van der Waals surface area (Å²) < 4.78 is 9.60. The lowest BCUT2D eigenvalue weighted by molar-refractivity contribution is -0.305. The zero-order valence-electron chi connectivity index (χ0n) is 15.6. The Hall–Kier alpha value is -1.54. The van der Waals surface area contributed by atoms with Crippen LogP contribution in [0.5, 0.6) is 0 Å². The monoisotopic (exact) mass is 350 g/mol. The fourth-order valence-corrected chi connectivity index (χ4v) is 1.59. The van der Waals surface area contributed by atoms with Crippen molar-refractivity contribution < 1.29 is 38.6 Å². The summed E-state index contributed by atoms with van der Waals surface area (Å²) in [5.41, 5.74) is 0. The van der Waals surface area contributed by atoms with Crippen LogP contribution in [0.1, 0.15) is 61.3 Å². The van der Waals surface area contributed by atoms with Crippen LogP contribution in [0, 0.1) is 5.92 Å². The molecule has 0 aliphatic rings. The van der Waals surface area contributed by atoms with E-state index >= 15 is 0 Å². The van der Waals surface area contributed by atoms with Gasteiger partial charge in [0.2, 0.25) is 0 Å². The Morgan fingerprint density at radius 1 is 0.708 bits per heavy atom. The van der Waals surface area contributed by atoms with Crippen molar-refractivity contribution in [3.63, 3.8) is 0 Å². The summed E-state index contributed by atoms with van der Waals surface area (Å²) in [5.74, 6) is 0.107. The van der Waals surface area contributed by atoms with Gasteiger partial charge in [-0.15, -0.1) is 0 Å². The van der Waals surface area contributed by atoms with E-state index in [1.54, 1.807) is 34.6 Å². The third kappa shape index (κ3) is 12.0. The molecule has 24 heavy (non-hydrogen) atoms. The van der Waals surface area contributed by atoms with Crippen LogP contribution in [0.25, 0.3) is 0 Å². The summed E-state index contributed by atoms with van der Waals surface area (Å²) in [7, 11) is 0. The van der Waals surface area contributed by atoms with Crippen molar-refractivity contribution in [2.45, 2.75) is 85.7 Å². The van der Waals surface area contributed by atoms with Crippen molar-refractivity contribution >= 4 is 12.3 Å². The largest absolute Gasteiger partial charge is 0.540 e. The lowest BCUT2D eigenvalue weighted by Crippen LogP contribution is -2.25. The molecular weight excluding hydrogens is 320 g/mol. The van der Waals surface area contributed by atoms with Crippen LogP contribution in [0.3, 0.4) is 0 Å². The summed E-state index contributed by atoms with van der Waals surface area (Å²) in [4.78, 5) is 41.8. The lowest BCUT2D eigenvalue weighted by atomic mass is 10.0. The first-order valence-corrected chi connectivity index (χ1v) is 8.19. The molecule has 142 valence electrons. The van der Waals surface area contributed by atoms with E-state index in [1.165, 1.54) is 0 Å². The Kier molecular flexibility index (Phi) is 11.1. The van der Waals surface area contributed by atoms with Gasteiger partial charge in [-0.3, -0.25) is 9.78 Å². The van der Waals surface area contributed by atoms with Gasteiger partial charge in [0, 0.05) is 0 Å². The van der Waals surface area contributed by atoms with Crippen LogP contribution in [-0.4, -0.2) is 36.7 Å². The molecule has 2 atom stereocenters. The maximum absolute atomic E-state index is 11.3. The average Bonchev–Trinajstić information content (AvgIpc) is 2.43. The van der Waals surface area contributed by atoms with Gasteiger partial charge in [0.25, 0.3) is 0 Å². The second-order valence-electron chi connectivity index (χ2n) is 6.36. The van der Waals surface area contributed by atoms with Crippen LogP contribution in [0.4, 0.5) is 9.59 Å². The number of rotatable bonds is 10. The summed E-state index contributed by atoms with van der Waals surface area (Å²) in [6, 6.07) is 0. The van der Waals surface area contributed by atoms with Gasteiger partial charge in [-0.1, -0.05) is 13.8 Å². The molecule has 0 fully saturated rings. The normalized spacial score (nSPS) is 13.8. The van der Waals surface area contributed by atoms with E-state index in [0.717, 1.165) is 0 Å². The highest BCUT2D eigenvalue weighted by atomic mass is 17.2. The highest BCUT2D eigenvalue weighted by molar-refractivity contribution is 5.59. The third-order valence-corrected chi connectivity index (χ3v) is 2.79.